The van der Waals surface area contributed by atoms with E-state index >= 15 is 0 Å². The Morgan fingerprint density at radius 2 is 2.29 bits per heavy atom. The molecule has 0 saturated carbocycles. The summed E-state index contributed by atoms with van der Waals surface area (Å²) in [6.45, 7) is 2.38. The molecule has 0 amide bonds. The van der Waals surface area contributed by atoms with Crippen LogP contribution >= 0.6 is 0 Å². The largest absolute Gasteiger partial charge is 0.361 e. The molecule has 0 radical (unpaired) electrons. The zero-order chi connectivity index (χ0) is 14.2. The lowest BCUT2D eigenvalue weighted by Crippen LogP contribution is -2.30. The lowest BCUT2D eigenvalue weighted by molar-refractivity contribution is 0.251. The Balaban J connectivity index is 1.77. The first-order valence-corrected chi connectivity index (χ1v) is 7.59. The second-order valence-electron chi connectivity index (χ2n) is 6.05. The average molecular weight is 280 g/mol. The maximum absolute atomic E-state index is 4.14. The molecule has 2 aromatic heterocycles. The van der Waals surface area contributed by atoms with Crippen molar-refractivity contribution in [2.24, 2.45) is 0 Å². The number of aromatic nitrogens is 3. The third kappa shape index (κ3) is 2.25. The highest BCUT2D eigenvalue weighted by molar-refractivity contribution is 5.85. The Labute approximate surface area is 124 Å². The van der Waals surface area contributed by atoms with Gasteiger partial charge in [0.05, 0.1) is 6.33 Å². The third-order valence-corrected chi connectivity index (χ3v) is 4.56. The van der Waals surface area contributed by atoms with Gasteiger partial charge < -0.3 is 14.5 Å². The Morgan fingerprint density at radius 3 is 3.10 bits per heavy atom. The summed E-state index contributed by atoms with van der Waals surface area (Å²) in [5.41, 5.74) is 3.85. The second kappa shape index (κ2) is 5.04. The van der Waals surface area contributed by atoms with Gasteiger partial charge in [0.25, 0.3) is 0 Å². The molecule has 1 saturated heterocycles. The minimum Gasteiger partial charge on any atom is -0.361 e. The van der Waals surface area contributed by atoms with Crippen LogP contribution in [0.25, 0.3) is 16.6 Å². The van der Waals surface area contributed by atoms with Gasteiger partial charge in [0, 0.05) is 41.7 Å². The number of nitrogens with zero attached hydrogens (tertiary/aromatic N) is 3. The van der Waals surface area contributed by atoms with Crippen molar-refractivity contribution >= 4 is 10.9 Å². The van der Waals surface area contributed by atoms with Crippen molar-refractivity contribution in [3.8, 4) is 5.69 Å². The van der Waals surface area contributed by atoms with Gasteiger partial charge in [-0.2, -0.15) is 0 Å². The Hall–Kier alpha value is -2.07. The first kappa shape index (κ1) is 12.7. The molecule has 0 aliphatic carbocycles. The van der Waals surface area contributed by atoms with Crippen molar-refractivity contribution in [2.45, 2.75) is 18.8 Å². The smallest absolute Gasteiger partial charge is 0.0991 e. The van der Waals surface area contributed by atoms with E-state index in [1.54, 1.807) is 0 Å². The van der Waals surface area contributed by atoms with E-state index in [9.17, 15) is 0 Å². The number of likely N-dealkylation sites (tertiary alicyclic amines) is 1. The quantitative estimate of drug-likeness (QED) is 0.783. The molecule has 3 heterocycles. The molecule has 3 aromatic rings. The molecule has 1 atom stereocenters. The van der Waals surface area contributed by atoms with Crippen LogP contribution in [0.1, 0.15) is 24.3 Å². The van der Waals surface area contributed by atoms with Gasteiger partial charge >= 0.3 is 0 Å². The van der Waals surface area contributed by atoms with Crippen LogP contribution in [-0.4, -0.2) is 39.6 Å². The fraction of sp³-hybridized carbons (Fsp3) is 0.353. The van der Waals surface area contributed by atoms with Crippen LogP contribution in [0.3, 0.4) is 0 Å². The van der Waals surface area contributed by atoms with Crippen LogP contribution in [0.15, 0.2) is 43.1 Å². The summed E-state index contributed by atoms with van der Waals surface area (Å²) >= 11 is 0. The molecule has 1 aliphatic rings. The van der Waals surface area contributed by atoms with Crippen LogP contribution < -0.4 is 0 Å². The molecule has 1 aliphatic heterocycles. The maximum Gasteiger partial charge on any atom is 0.0991 e. The number of hydrogen-bond donors (Lipinski definition) is 1. The molecule has 4 rings (SSSR count). The summed E-state index contributed by atoms with van der Waals surface area (Å²) in [7, 11) is 2.22. The Morgan fingerprint density at radius 1 is 1.33 bits per heavy atom. The highest BCUT2D eigenvalue weighted by Gasteiger charge is 2.21. The molecule has 1 fully saturated rings. The van der Waals surface area contributed by atoms with Gasteiger partial charge in [-0.1, -0.05) is 0 Å². The van der Waals surface area contributed by atoms with Crippen LogP contribution in [0.5, 0.6) is 0 Å². The van der Waals surface area contributed by atoms with Crippen molar-refractivity contribution in [1.29, 1.82) is 0 Å². The van der Waals surface area contributed by atoms with Gasteiger partial charge in [-0.25, -0.2) is 4.98 Å². The van der Waals surface area contributed by atoms with Crippen LogP contribution in [0.4, 0.5) is 0 Å². The average Bonchev–Trinajstić information content (AvgIpc) is 3.16. The molecule has 4 heteroatoms. The number of benzene rings is 1. The van der Waals surface area contributed by atoms with Crippen molar-refractivity contribution in [1.82, 2.24) is 19.4 Å². The topological polar surface area (TPSA) is 36.9 Å². The van der Waals surface area contributed by atoms with Crippen LogP contribution in [-0.2, 0) is 0 Å². The Bertz CT molecular complexity index is 741. The molecule has 1 N–H and O–H groups in total. The number of hydrogen-bond acceptors (Lipinski definition) is 2. The lowest BCUT2D eigenvalue weighted by atomic mass is 9.90. The molecular formula is C17H20N4. The molecule has 4 nitrogen and oxygen atoms in total. The SMILES string of the molecule is CN1CCCC(c2c[nH]c3ccc(-n4ccnc4)cc23)C1. The molecule has 108 valence electrons. The summed E-state index contributed by atoms with van der Waals surface area (Å²) < 4.78 is 2.06. The predicted octanol–water partition coefficient (Wildman–Crippen LogP) is 3.16. The Kier molecular flexibility index (Phi) is 3.04. The number of likely N-dealkylation sites (N-methyl/N-ethyl adjacent to an activating group) is 1. The monoisotopic (exact) mass is 280 g/mol. The van der Waals surface area contributed by atoms with Gasteiger partial charge in [0.2, 0.25) is 0 Å². The van der Waals surface area contributed by atoms with E-state index in [0.29, 0.717) is 5.92 Å². The summed E-state index contributed by atoms with van der Waals surface area (Å²) in [6.07, 6.45) is 10.4. The summed E-state index contributed by atoms with van der Waals surface area (Å²) in [5, 5.41) is 1.35. The molecule has 0 bridgehead atoms. The van der Waals surface area contributed by atoms with Crippen molar-refractivity contribution in [2.75, 3.05) is 20.1 Å². The minimum absolute atomic E-state index is 0.635. The number of nitrogens with one attached hydrogen (secondary N) is 1. The van der Waals surface area contributed by atoms with Crippen LogP contribution in [0, 0.1) is 0 Å². The molecular weight excluding hydrogens is 260 g/mol. The molecule has 1 aromatic carbocycles. The zero-order valence-electron chi connectivity index (χ0n) is 12.3. The highest BCUT2D eigenvalue weighted by Crippen LogP contribution is 2.32. The van der Waals surface area contributed by atoms with E-state index in [1.807, 2.05) is 18.7 Å². The zero-order valence-corrected chi connectivity index (χ0v) is 12.3. The molecule has 0 spiro atoms. The number of imidazole rings is 1. The summed E-state index contributed by atoms with van der Waals surface area (Å²) in [4.78, 5) is 10.0. The summed E-state index contributed by atoms with van der Waals surface area (Å²) in [5.74, 6) is 0.635. The van der Waals surface area contributed by atoms with Gasteiger partial charge in [0.1, 0.15) is 0 Å². The third-order valence-electron chi connectivity index (χ3n) is 4.56. The fourth-order valence-corrected chi connectivity index (χ4v) is 3.46. The highest BCUT2D eigenvalue weighted by atomic mass is 15.1. The summed E-state index contributed by atoms with van der Waals surface area (Å²) in [6, 6.07) is 6.58. The number of fused-ring (bicyclic) bond motifs is 1. The van der Waals surface area contributed by atoms with Gasteiger partial charge in [0.15, 0.2) is 0 Å². The van der Waals surface area contributed by atoms with Crippen LogP contribution in [0.2, 0.25) is 0 Å². The van der Waals surface area contributed by atoms with E-state index < -0.39 is 0 Å². The fourth-order valence-electron chi connectivity index (χ4n) is 3.46. The van der Waals surface area contributed by atoms with E-state index in [0.717, 1.165) is 6.54 Å². The number of aromatic amines is 1. The van der Waals surface area contributed by atoms with Gasteiger partial charge in [-0.15, -0.1) is 0 Å². The molecule has 21 heavy (non-hydrogen) atoms. The van der Waals surface area contributed by atoms with Crippen molar-refractivity contribution in [3.63, 3.8) is 0 Å². The number of H-pyrrole nitrogens is 1. The van der Waals surface area contributed by atoms with E-state index in [2.05, 4.69) is 50.9 Å². The van der Waals surface area contributed by atoms with Gasteiger partial charge in [-0.3, -0.25) is 0 Å². The lowest BCUT2D eigenvalue weighted by Gasteiger charge is -2.29. The second-order valence-corrected chi connectivity index (χ2v) is 6.05. The standard InChI is InChI=1S/C17H20N4/c1-20-7-2-3-13(11-20)16-10-19-17-5-4-14(9-15(16)17)21-8-6-18-12-21/h4-6,8-10,12-13,19H,2-3,7,11H2,1H3. The first-order valence-electron chi connectivity index (χ1n) is 7.59. The first-order chi connectivity index (χ1) is 10.3. The van der Waals surface area contributed by atoms with E-state index in [4.69, 9.17) is 0 Å². The van der Waals surface area contributed by atoms with Crippen molar-refractivity contribution < 1.29 is 0 Å². The van der Waals surface area contributed by atoms with Gasteiger partial charge in [-0.05, 0) is 56.1 Å². The van der Waals surface area contributed by atoms with E-state index in [1.165, 1.54) is 41.5 Å². The maximum atomic E-state index is 4.14. The van der Waals surface area contributed by atoms with Crippen molar-refractivity contribution in [3.05, 3.63) is 48.7 Å². The number of rotatable bonds is 2. The van der Waals surface area contributed by atoms with E-state index in [-0.39, 0.29) is 0 Å². The minimum atomic E-state index is 0.635. The predicted molar refractivity (Wildman–Crippen MR) is 84.9 cm³/mol. The number of piperidine rings is 1. The molecule has 1 unspecified atom stereocenters. The normalized spacial score (nSPS) is 20.1.